The number of aromatic nitrogens is 2. The summed E-state index contributed by atoms with van der Waals surface area (Å²) in [4.78, 5) is 94.1. The molecule has 45 heavy (non-hydrogen) atoms. The number of hydrazine groups is 1. The van der Waals surface area contributed by atoms with Crippen LogP contribution >= 0.6 is 19.1 Å². The van der Waals surface area contributed by atoms with Gasteiger partial charge >= 0.3 is 13.7 Å². The number of oxime groups is 1. The number of pyridine rings is 1. The summed E-state index contributed by atoms with van der Waals surface area (Å²) < 4.78 is 17.9. The van der Waals surface area contributed by atoms with E-state index >= 15 is 0 Å². The van der Waals surface area contributed by atoms with E-state index in [2.05, 4.69) is 20.4 Å². The van der Waals surface area contributed by atoms with Crippen LogP contribution in [0.4, 0.5) is 5.13 Å². The van der Waals surface area contributed by atoms with Crippen molar-refractivity contribution >= 4 is 65.6 Å². The molecule has 2 aromatic rings. The van der Waals surface area contributed by atoms with Crippen molar-refractivity contribution < 1.29 is 53.0 Å². The Morgan fingerprint density at radius 2 is 1.98 bits per heavy atom. The van der Waals surface area contributed by atoms with Crippen LogP contribution in [-0.2, 0) is 37.9 Å². The van der Waals surface area contributed by atoms with Crippen LogP contribution in [0.1, 0.15) is 32.2 Å². The van der Waals surface area contributed by atoms with Crippen molar-refractivity contribution in [1.29, 1.82) is 0 Å². The second-order valence-corrected chi connectivity index (χ2v) is 12.1. The van der Waals surface area contributed by atoms with Gasteiger partial charge in [-0.3, -0.25) is 39.3 Å². The number of β-lactam (4-membered cyclic amide) rings is 1. The number of nitrogen functional groups attached to an aromatic ring is 1. The van der Waals surface area contributed by atoms with Crippen LogP contribution in [0.5, 0.6) is 5.75 Å². The smallest absolute Gasteiger partial charge is 0.435 e. The molecule has 0 radical (unpaired) electrons. The Balaban J connectivity index is 1.55. The number of hydrogen-bond acceptors (Lipinski definition) is 14. The van der Waals surface area contributed by atoms with Crippen molar-refractivity contribution in [1.82, 2.24) is 30.8 Å². The second kappa shape index (κ2) is 13.7. The molecule has 0 bridgehead atoms. The molecule has 9 N–H and O–H groups in total. The first-order valence-electron chi connectivity index (χ1n) is 12.4. The number of aromatic hydroxyl groups is 1. The molecule has 1 fully saturated rings. The lowest BCUT2D eigenvalue weighted by Crippen LogP contribution is -2.68. The Morgan fingerprint density at radius 3 is 2.56 bits per heavy atom. The summed E-state index contributed by atoms with van der Waals surface area (Å²) in [7, 11) is -4.93. The number of thiazole rings is 1. The minimum Gasteiger partial charge on any atom is -0.503 e. The summed E-state index contributed by atoms with van der Waals surface area (Å²) >= 11 is 0.942. The molecular formula is C23H27N8O12PS. The van der Waals surface area contributed by atoms with Gasteiger partial charge in [0, 0.05) is 29.4 Å². The highest BCUT2D eigenvalue weighted by Crippen LogP contribution is 2.52. The van der Waals surface area contributed by atoms with Gasteiger partial charge < -0.3 is 36.0 Å². The second-order valence-electron chi connectivity index (χ2n) is 9.56. The van der Waals surface area contributed by atoms with Crippen LogP contribution in [0.3, 0.4) is 0 Å². The van der Waals surface area contributed by atoms with Crippen molar-refractivity contribution in [2.24, 2.45) is 5.16 Å². The number of aliphatic carboxylic acids is 1. The Bertz CT molecular complexity index is 1690. The summed E-state index contributed by atoms with van der Waals surface area (Å²) in [5, 5.41) is 25.7. The first kappa shape index (κ1) is 34.4. The summed E-state index contributed by atoms with van der Waals surface area (Å²) in [5.41, 5.74) is 6.49. The van der Waals surface area contributed by atoms with Gasteiger partial charge in [0.2, 0.25) is 11.0 Å². The number of carbonyl (C=O) groups is 5. The lowest BCUT2D eigenvalue weighted by molar-refractivity contribution is -0.161. The van der Waals surface area contributed by atoms with Crippen LogP contribution in [0.15, 0.2) is 33.7 Å². The molecule has 3 heterocycles. The summed E-state index contributed by atoms with van der Waals surface area (Å²) in [6, 6.07) is -1.48. The number of carboxylic acid groups (broad SMARTS) is 1. The molecule has 1 unspecified atom stereocenters. The van der Waals surface area contributed by atoms with Gasteiger partial charge in [-0.1, -0.05) is 5.16 Å². The number of nitrogens with zero attached hydrogens (tertiary/aromatic N) is 3. The van der Waals surface area contributed by atoms with Crippen LogP contribution in [0, 0.1) is 0 Å². The van der Waals surface area contributed by atoms with E-state index in [9.17, 15) is 48.4 Å². The molecular weight excluding hydrogens is 643 g/mol. The Labute approximate surface area is 256 Å². The van der Waals surface area contributed by atoms with E-state index in [1.165, 1.54) is 26.2 Å². The molecule has 0 aromatic carbocycles. The number of carboxylic acids is 1. The molecule has 242 valence electrons. The standard InChI is InChI=1S/C23H27N8O12PS/c1-10-17(27-19(36)18(12-9-45-22(24)26-12)30-43-23(2,3)21(38)39)20(37)31(10)44(40,41)42-8-16(35)29-28-15(34)5-4-11-6-13(32)14(33)7-25-11/h4-7,9-10,17,33H,8H2,1-3H3,(H2,24,26)(H,25,32)(H,27,36)(H,28,34)(H,29,35)(H,38,39)(H,40,41)/b5-4-,30-18?/t10-,17-/m0/s1. The molecule has 22 heteroatoms. The quantitative estimate of drug-likeness (QED) is 0.0415. The Kier molecular flexibility index (Phi) is 10.5. The average molecular weight is 671 g/mol. The molecule has 0 spiro atoms. The van der Waals surface area contributed by atoms with Gasteiger partial charge in [-0.2, -0.15) is 0 Å². The summed E-state index contributed by atoms with van der Waals surface area (Å²) in [6.45, 7) is 2.57. The zero-order valence-electron chi connectivity index (χ0n) is 23.5. The number of nitrogens with two attached hydrogens (primary N) is 1. The van der Waals surface area contributed by atoms with Gasteiger partial charge in [0.15, 0.2) is 16.6 Å². The predicted molar refractivity (Wildman–Crippen MR) is 154 cm³/mol. The van der Waals surface area contributed by atoms with Crippen molar-refractivity contribution in [3.05, 3.63) is 45.3 Å². The lowest BCUT2D eigenvalue weighted by atomic mass is 10.0. The molecule has 3 rings (SSSR count). The van der Waals surface area contributed by atoms with Crippen LogP contribution in [0.2, 0.25) is 0 Å². The normalized spacial score (nSPS) is 18.1. The molecule has 1 saturated heterocycles. The average Bonchev–Trinajstić information content (AvgIpc) is 3.39. The van der Waals surface area contributed by atoms with Gasteiger partial charge in [-0.25, -0.2) is 19.0 Å². The van der Waals surface area contributed by atoms with E-state index in [1.54, 1.807) is 0 Å². The third-order valence-corrected chi connectivity index (χ3v) is 8.04. The van der Waals surface area contributed by atoms with Crippen molar-refractivity contribution in [3.63, 3.8) is 0 Å². The number of H-pyrrole nitrogens is 1. The van der Waals surface area contributed by atoms with E-state index in [4.69, 9.17) is 15.1 Å². The highest BCUT2D eigenvalue weighted by molar-refractivity contribution is 7.51. The summed E-state index contributed by atoms with van der Waals surface area (Å²) in [6.07, 6.45) is 3.10. The number of anilines is 1. The van der Waals surface area contributed by atoms with Crippen molar-refractivity contribution in [2.75, 3.05) is 12.3 Å². The Hall–Kier alpha value is -5.11. The number of carbonyl (C=O) groups excluding carboxylic acids is 4. The SMILES string of the molecule is C[C@H]1[C@H](NC(=O)C(=NOC(C)(C)C(=O)O)c2csc(N)n2)C(=O)N1P(=O)(O)OCC(=O)NNC(=O)/C=C\c1cc(=O)c(O)c[nH]1. The van der Waals surface area contributed by atoms with Gasteiger partial charge in [0.05, 0.1) is 6.04 Å². The monoisotopic (exact) mass is 670 g/mol. The molecule has 1 aliphatic rings. The van der Waals surface area contributed by atoms with Gasteiger partial charge in [-0.05, 0) is 26.8 Å². The fourth-order valence-corrected chi connectivity index (χ4v) is 5.24. The topological polar surface area (TPSA) is 305 Å². The maximum atomic E-state index is 13.0. The van der Waals surface area contributed by atoms with E-state index < -0.39 is 78.5 Å². The zero-order chi connectivity index (χ0) is 33.7. The fourth-order valence-electron chi connectivity index (χ4n) is 3.31. The molecule has 0 aliphatic carbocycles. The number of hydrogen-bond donors (Lipinski definition) is 8. The third-order valence-electron chi connectivity index (χ3n) is 5.80. The van der Waals surface area contributed by atoms with E-state index in [0.29, 0.717) is 4.67 Å². The van der Waals surface area contributed by atoms with Gasteiger partial charge in [-0.15, -0.1) is 11.3 Å². The van der Waals surface area contributed by atoms with E-state index in [1.807, 2.05) is 10.9 Å². The zero-order valence-corrected chi connectivity index (χ0v) is 25.2. The van der Waals surface area contributed by atoms with Gasteiger partial charge in [0.25, 0.3) is 23.6 Å². The number of amides is 4. The first-order valence-corrected chi connectivity index (χ1v) is 14.8. The Morgan fingerprint density at radius 1 is 1.29 bits per heavy atom. The molecule has 3 atom stereocenters. The summed E-state index contributed by atoms with van der Waals surface area (Å²) in [5.74, 6) is -5.96. The highest BCUT2D eigenvalue weighted by atomic mass is 32.1. The minimum absolute atomic E-state index is 0.0485. The van der Waals surface area contributed by atoms with E-state index in [0.717, 1.165) is 35.8 Å². The molecule has 20 nitrogen and oxygen atoms in total. The van der Waals surface area contributed by atoms with E-state index in [-0.39, 0.29) is 16.5 Å². The maximum absolute atomic E-state index is 13.0. The predicted octanol–water partition coefficient (Wildman–Crippen LogP) is -1.60. The molecule has 0 saturated carbocycles. The fraction of sp³-hybridized carbons (Fsp3) is 0.304. The molecule has 1 aliphatic heterocycles. The lowest BCUT2D eigenvalue weighted by Gasteiger charge is -2.45. The number of aromatic amines is 1. The third kappa shape index (κ3) is 8.50. The molecule has 2 aromatic heterocycles. The number of rotatable bonds is 12. The van der Waals surface area contributed by atoms with Crippen molar-refractivity contribution in [3.8, 4) is 5.75 Å². The maximum Gasteiger partial charge on any atom is 0.435 e. The van der Waals surface area contributed by atoms with Crippen molar-refractivity contribution in [2.45, 2.75) is 38.5 Å². The van der Waals surface area contributed by atoms with Crippen LogP contribution < -0.4 is 27.3 Å². The largest absolute Gasteiger partial charge is 0.503 e. The van der Waals surface area contributed by atoms with Gasteiger partial charge in [0.1, 0.15) is 18.3 Å². The minimum atomic E-state index is -4.93. The van der Waals surface area contributed by atoms with Crippen LogP contribution in [0.25, 0.3) is 6.08 Å². The molecule has 4 amide bonds. The highest BCUT2D eigenvalue weighted by Gasteiger charge is 2.54. The first-order chi connectivity index (χ1) is 20.9. The number of nitrogens with one attached hydrogen (secondary N) is 4. The van der Waals surface area contributed by atoms with Crippen LogP contribution in [-0.4, -0.2) is 89.3 Å².